The van der Waals surface area contributed by atoms with E-state index in [1.165, 1.54) is 11.1 Å². The molecule has 3 aromatic rings. The minimum Gasteiger partial charge on any atom is -0.481 e. The number of carboxylic acids is 1. The maximum Gasteiger partial charge on any atom is 0.306 e. The molecule has 0 fully saturated rings. The van der Waals surface area contributed by atoms with Crippen LogP contribution in [-0.2, 0) is 24.1 Å². The molecule has 0 aliphatic heterocycles. The maximum absolute atomic E-state index is 12.8. The summed E-state index contributed by atoms with van der Waals surface area (Å²) in [6.45, 7) is 0. The van der Waals surface area contributed by atoms with Crippen LogP contribution in [0.4, 0.5) is 0 Å². The van der Waals surface area contributed by atoms with Gasteiger partial charge in [0.05, 0.1) is 5.92 Å². The number of fused-ring (bicyclic) bond motifs is 3. The lowest BCUT2D eigenvalue weighted by atomic mass is 9.92. The van der Waals surface area contributed by atoms with Gasteiger partial charge in [0, 0.05) is 29.4 Å². The van der Waals surface area contributed by atoms with Gasteiger partial charge in [-0.15, -0.1) is 0 Å². The largest absolute Gasteiger partial charge is 0.481 e. The lowest BCUT2D eigenvalue weighted by Crippen LogP contribution is -2.18. The van der Waals surface area contributed by atoms with Crippen molar-refractivity contribution in [2.75, 3.05) is 0 Å². The second-order valence-electron chi connectivity index (χ2n) is 8.67. The molecular weight excluding hydrogens is 388 g/mol. The summed E-state index contributed by atoms with van der Waals surface area (Å²) in [6.07, 6.45) is 8.77. The Labute approximate surface area is 183 Å². The van der Waals surface area contributed by atoms with Crippen molar-refractivity contribution < 1.29 is 19.1 Å². The number of Topliss-reactive ketones (excluding diaryl/α,β-unsaturated/α-hetero) is 1. The van der Waals surface area contributed by atoms with Crippen LogP contribution in [0, 0.1) is 5.92 Å². The van der Waals surface area contributed by atoms with Gasteiger partial charge >= 0.3 is 5.97 Å². The van der Waals surface area contributed by atoms with Crippen molar-refractivity contribution in [2.45, 2.75) is 64.2 Å². The summed E-state index contributed by atoms with van der Waals surface area (Å²) in [5.74, 6) is -0.583. The zero-order valence-corrected chi connectivity index (χ0v) is 17.9. The number of hydrogen-bond acceptors (Lipinski definition) is 3. The quantitative estimate of drug-likeness (QED) is 0.289. The Morgan fingerprint density at radius 3 is 2.58 bits per heavy atom. The summed E-state index contributed by atoms with van der Waals surface area (Å²) in [5.41, 5.74) is 3.91. The number of unbranched alkanes of at least 4 members (excludes halogenated alkanes) is 3. The molecule has 0 saturated heterocycles. The first-order valence-electron chi connectivity index (χ1n) is 11.5. The first kappa shape index (κ1) is 21.4. The number of furan rings is 1. The molecule has 1 unspecified atom stereocenters. The highest BCUT2D eigenvalue weighted by molar-refractivity contribution is 6.01. The van der Waals surface area contributed by atoms with Gasteiger partial charge in [0.1, 0.15) is 11.3 Å². The summed E-state index contributed by atoms with van der Waals surface area (Å²) in [6, 6.07) is 16.0. The van der Waals surface area contributed by atoms with E-state index in [9.17, 15) is 14.7 Å². The van der Waals surface area contributed by atoms with E-state index in [2.05, 4.69) is 24.3 Å². The summed E-state index contributed by atoms with van der Waals surface area (Å²) < 4.78 is 5.92. The number of rotatable bonds is 11. The molecule has 31 heavy (non-hydrogen) atoms. The smallest absolute Gasteiger partial charge is 0.306 e. The molecule has 0 bridgehead atoms. The first-order chi connectivity index (χ1) is 15.1. The molecule has 1 aromatic heterocycles. The van der Waals surface area contributed by atoms with Crippen LogP contribution in [0.3, 0.4) is 0 Å². The highest BCUT2D eigenvalue weighted by atomic mass is 16.4. The topological polar surface area (TPSA) is 67.5 Å². The molecule has 0 amide bonds. The summed E-state index contributed by atoms with van der Waals surface area (Å²) in [4.78, 5) is 24.5. The number of ketones is 1. The SMILES string of the molecule is O=C(CC(CCCCCCc1ccccc1)C(=O)O)c1ccc2c3c(oc2c1)CCC3. The summed E-state index contributed by atoms with van der Waals surface area (Å²) in [5, 5.41) is 10.7. The van der Waals surface area contributed by atoms with Gasteiger partial charge in [-0.25, -0.2) is 0 Å². The third-order valence-corrected chi connectivity index (χ3v) is 6.42. The lowest BCUT2D eigenvalue weighted by molar-refractivity contribution is -0.141. The van der Waals surface area contributed by atoms with Crippen molar-refractivity contribution in [3.05, 3.63) is 71.0 Å². The predicted octanol–water partition coefficient (Wildman–Crippen LogP) is 6.39. The standard InChI is InChI=1S/C27H30O4/c28-24(20-15-16-23-22-13-8-14-25(22)31-26(23)18-20)17-21(27(29)30)12-7-2-1-4-9-19-10-5-3-6-11-19/h3,5-6,10-11,15-16,18,21H,1-2,4,7-9,12-14,17H2,(H,29,30). The van der Waals surface area contributed by atoms with Crippen molar-refractivity contribution >= 4 is 22.7 Å². The van der Waals surface area contributed by atoms with Crippen molar-refractivity contribution in [1.29, 1.82) is 0 Å². The Bertz CT molecular complexity index is 1050. The van der Waals surface area contributed by atoms with Crippen LogP contribution >= 0.6 is 0 Å². The molecule has 4 heteroatoms. The van der Waals surface area contributed by atoms with E-state index in [0.717, 1.165) is 68.1 Å². The van der Waals surface area contributed by atoms with Gasteiger partial charge in [0.2, 0.25) is 0 Å². The zero-order chi connectivity index (χ0) is 21.6. The van der Waals surface area contributed by atoms with Crippen molar-refractivity contribution in [2.24, 2.45) is 5.92 Å². The van der Waals surface area contributed by atoms with Gasteiger partial charge < -0.3 is 9.52 Å². The number of carbonyl (C=O) groups is 2. The van der Waals surface area contributed by atoms with E-state index in [0.29, 0.717) is 12.0 Å². The number of hydrogen-bond donors (Lipinski definition) is 1. The highest BCUT2D eigenvalue weighted by Gasteiger charge is 2.23. The van der Waals surface area contributed by atoms with Crippen LogP contribution in [0.5, 0.6) is 0 Å². The van der Waals surface area contributed by atoms with Crippen molar-refractivity contribution in [3.8, 4) is 0 Å². The van der Waals surface area contributed by atoms with Crippen LogP contribution in [0.25, 0.3) is 11.0 Å². The lowest BCUT2D eigenvalue weighted by Gasteiger charge is -2.12. The number of carboxylic acid groups (broad SMARTS) is 1. The first-order valence-corrected chi connectivity index (χ1v) is 11.5. The van der Waals surface area contributed by atoms with E-state index in [1.807, 2.05) is 18.2 Å². The van der Waals surface area contributed by atoms with Crippen LogP contribution in [-0.4, -0.2) is 16.9 Å². The average Bonchev–Trinajstić information content (AvgIpc) is 3.36. The fourth-order valence-corrected chi connectivity index (χ4v) is 4.65. The summed E-state index contributed by atoms with van der Waals surface area (Å²) in [7, 11) is 0. The van der Waals surface area contributed by atoms with Crippen LogP contribution in [0.15, 0.2) is 52.9 Å². The molecule has 1 N–H and O–H groups in total. The molecule has 162 valence electrons. The van der Waals surface area contributed by atoms with E-state index in [4.69, 9.17) is 4.42 Å². The minimum absolute atomic E-state index is 0.0469. The molecule has 1 heterocycles. The van der Waals surface area contributed by atoms with Gasteiger partial charge in [-0.1, -0.05) is 61.7 Å². The number of carbonyl (C=O) groups excluding carboxylic acids is 1. The van der Waals surface area contributed by atoms with Gasteiger partial charge in [-0.05, 0) is 43.7 Å². The van der Waals surface area contributed by atoms with Gasteiger partial charge in [0.25, 0.3) is 0 Å². The normalized spacial score (nSPS) is 13.9. The number of benzene rings is 2. The van der Waals surface area contributed by atoms with Gasteiger partial charge in [-0.2, -0.15) is 0 Å². The van der Waals surface area contributed by atoms with E-state index < -0.39 is 11.9 Å². The highest BCUT2D eigenvalue weighted by Crippen LogP contribution is 2.33. The Morgan fingerprint density at radius 2 is 1.77 bits per heavy atom. The minimum atomic E-state index is -0.879. The van der Waals surface area contributed by atoms with E-state index in [1.54, 1.807) is 6.07 Å². The molecule has 1 aliphatic carbocycles. The molecule has 0 radical (unpaired) electrons. The zero-order valence-electron chi connectivity index (χ0n) is 17.9. The molecule has 1 aliphatic rings. The molecule has 0 saturated carbocycles. The van der Waals surface area contributed by atoms with Crippen LogP contribution in [0.1, 0.15) is 72.2 Å². The number of aryl methyl sites for hydroxylation is 3. The second kappa shape index (κ2) is 9.95. The Hall–Kier alpha value is -2.88. The van der Waals surface area contributed by atoms with Crippen LogP contribution < -0.4 is 0 Å². The van der Waals surface area contributed by atoms with Crippen molar-refractivity contribution in [3.63, 3.8) is 0 Å². The molecule has 2 aromatic carbocycles. The van der Waals surface area contributed by atoms with Crippen molar-refractivity contribution in [1.82, 2.24) is 0 Å². The Balaban J connectivity index is 1.26. The second-order valence-corrected chi connectivity index (χ2v) is 8.67. The monoisotopic (exact) mass is 418 g/mol. The Kier molecular flexibility index (Phi) is 6.86. The molecule has 0 spiro atoms. The molecule has 1 atom stereocenters. The third-order valence-electron chi connectivity index (χ3n) is 6.42. The van der Waals surface area contributed by atoms with E-state index in [-0.39, 0.29) is 12.2 Å². The third kappa shape index (κ3) is 5.25. The summed E-state index contributed by atoms with van der Waals surface area (Å²) >= 11 is 0. The number of aliphatic carboxylic acids is 1. The van der Waals surface area contributed by atoms with E-state index >= 15 is 0 Å². The average molecular weight is 419 g/mol. The Morgan fingerprint density at radius 1 is 0.968 bits per heavy atom. The molecular formula is C27H30O4. The fourth-order valence-electron chi connectivity index (χ4n) is 4.65. The van der Waals surface area contributed by atoms with Gasteiger partial charge in [0.15, 0.2) is 5.78 Å². The predicted molar refractivity (Wildman–Crippen MR) is 122 cm³/mol. The van der Waals surface area contributed by atoms with Crippen LogP contribution in [0.2, 0.25) is 0 Å². The fraction of sp³-hybridized carbons (Fsp3) is 0.407. The molecule has 4 rings (SSSR count). The maximum atomic E-state index is 12.8. The van der Waals surface area contributed by atoms with Gasteiger partial charge in [-0.3, -0.25) is 9.59 Å². The molecule has 4 nitrogen and oxygen atoms in total.